The lowest BCUT2D eigenvalue weighted by Gasteiger charge is -2.26. The molecule has 0 bridgehead atoms. The van der Waals surface area contributed by atoms with E-state index in [0.717, 1.165) is 29.8 Å². The molecule has 34 heavy (non-hydrogen) atoms. The van der Waals surface area contributed by atoms with E-state index in [4.69, 9.17) is 17.0 Å². The van der Waals surface area contributed by atoms with Crippen LogP contribution in [0.25, 0.3) is 6.08 Å². The fourth-order valence-corrected chi connectivity index (χ4v) is 4.47. The second-order valence-electron chi connectivity index (χ2n) is 7.75. The lowest BCUT2D eigenvalue weighted by atomic mass is 10.0. The first-order valence-corrected chi connectivity index (χ1v) is 11.7. The Bertz CT molecular complexity index is 1130. The number of carbonyl (C=O) groups excluding carboxylic acids is 2. The molecule has 180 valence electrons. The lowest BCUT2D eigenvalue weighted by molar-refractivity contribution is -0.138. The first-order valence-electron chi connectivity index (χ1n) is 10.4. The van der Waals surface area contributed by atoms with Gasteiger partial charge in [-0.1, -0.05) is 49.1 Å². The van der Waals surface area contributed by atoms with Gasteiger partial charge in [0, 0.05) is 20.0 Å². The van der Waals surface area contributed by atoms with Crippen LogP contribution in [-0.4, -0.2) is 34.1 Å². The number of carbonyl (C=O) groups is 2. The summed E-state index contributed by atoms with van der Waals surface area (Å²) in [5.74, 6) is -0.558. The van der Waals surface area contributed by atoms with Crippen molar-refractivity contribution in [1.82, 2.24) is 10.2 Å². The summed E-state index contributed by atoms with van der Waals surface area (Å²) in [7, 11) is 1.75. The molecule has 1 aliphatic heterocycles. The third kappa shape index (κ3) is 6.38. The number of likely N-dealkylation sites (N-methyl/N-ethyl adjacent to an activating group) is 1. The Hall–Kier alpha value is -2.85. The maximum absolute atomic E-state index is 13.7. The number of nitrogens with one attached hydrogen (secondary N) is 1. The maximum Gasteiger partial charge on any atom is 0.420 e. The van der Waals surface area contributed by atoms with E-state index in [1.54, 1.807) is 36.2 Å². The number of thioether (sulfide) groups is 1. The van der Waals surface area contributed by atoms with Gasteiger partial charge in [-0.25, -0.2) is 0 Å². The van der Waals surface area contributed by atoms with Crippen LogP contribution in [-0.2, 0) is 22.2 Å². The Balaban J connectivity index is 1.81. The average Bonchev–Trinajstić information content (AvgIpc) is 3.09. The number of amides is 2. The number of thiocarbonyl (C=S) groups is 1. The summed E-state index contributed by atoms with van der Waals surface area (Å²) in [6.07, 6.45) is -1.90. The van der Waals surface area contributed by atoms with Crippen LogP contribution in [0.15, 0.2) is 47.4 Å². The summed E-state index contributed by atoms with van der Waals surface area (Å²) < 4.78 is 47.0. The van der Waals surface area contributed by atoms with Crippen molar-refractivity contribution in [1.29, 1.82) is 0 Å². The molecule has 0 saturated carbocycles. The van der Waals surface area contributed by atoms with Gasteiger partial charge in [-0.15, -0.1) is 0 Å². The van der Waals surface area contributed by atoms with Crippen molar-refractivity contribution in [2.45, 2.75) is 38.9 Å². The Morgan fingerprint density at radius 2 is 1.91 bits per heavy atom. The summed E-state index contributed by atoms with van der Waals surface area (Å²) >= 11 is 5.90. The van der Waals surface area contributed by atoms with Crippen molar-refractivity contribution in [2.24, 2.45) is 0 Å². The number of halogens is 3. The van der Waals surface area contributed by atoms with Gasteiger partial charge < -0.3 is 15.0 Å². The number of ether oxygens (including phenoxy) is 1. The highest BCUT2D eigenvalue weighted by Gasteiger charge is 2.35. The molecule has 1 N–H and O–H groups in total. The van der Waals surface area contributed by atoms with Gasteiger partial charge in [-0.2, -0.15) is 13.2 Å². The SMILES string of the molecule is CCC(Cc1ccc(Oc2ccc(/C=C3/SC(=S)NC3=O)cc2C(F)(F)F)cc1)N(C)C(C)=O. The van der Waals surface area contributed by atoms with Crippen molar-refractivity contribution in [3.63, 3.8) is 0 Å². The fourth-order valence-electron chi connectivity index (χ4n) is 3.43. The lowest BCUT2D eigenvalue weighted by Crippen LogP contribution is -2.36. The minimum atomic E-state index is -4.66. The molecular weight excluding hydrogens is 485 g/mol. The molecule has 0 radical (unpaired) electrons. The number of rotatable bonds is 7. The third-order valence-corrected chi connectivity index (χ3v) is 6.55. The van der Waals surface area contributed by atoms with Crippen LogP contribution >= 0.6 is 24.0 Å². The number of benzene rings is 2. The second kappa shape index (κ2) is 10.6. The topological polar surface area (TPSA) is 58.6 Å². The number of hydrogen-bond acceptors (Lipinski definition) is 5. The van der Waals surface area contributed by atoms with Crippen molar-refractivity contribution in [2.75, 3.05) is 7.05 Å². The van der Waals surface area contributed by atoms with E-state index in [-0.39, 0.29) is 38.2 Å². The summed E-state index contributed by atoms with van der Waals surface area (Å²) in [5.41, 5.74) is 0.194. The van der Waals surface area contributed by atoms with Gasteiger partial charge in [0.15, 0.2) is 0 Å². The molecule has 1 atom stereocenters. The van der Waals surface area contributed by atoms with Crippen LogP contribution in [0, 0.1) is 0 Å². The van der Waals surface area contributed by atoms with Crippen molar-refractivity contribution < 1.29 is 27.5 Å². The number of hydrogen-bond donors (Lipinski definition) is 1. The van der Waals surface area contributed by atoms with Gasteiger partial charge in [0.05, 0.1) is 10.5 Å². The Morgan fingerprint density at radius 3 is 2.44 bits per heavy atom. The zero-order valence-corrected chi connectivity index (χ0v) is 20.4. The van der Waals surface area contributed by atoms with Gasteiger partial charge in [-0.3, -0.25) is 9.59 Å². The minimum absolute atomic E-state index is 0.0252. The zero-order valence-electron chi connectivity index (χ0n) is 18.7. The number of nitrogens with zero attached hydrogens (tertiary/aromatic N) is 1. The zero-order chi connectivity index (χ0) is 25.0. The van der Waals surface area contributed by atoms with Gasteiger partial charge in [-0.05, 0) is 54.3 Å². The third-order valence-electron chi connectivity index (χ3n) is 5.39. The monoisotopic (exact) mass is 508 g/mol. The summed E-state index contributed by atoms with van der Waals surface area (Å²) in [6.45, 7) is 3.50. The van der Waals surface area contributed by atoms with Crippen molar-refractivity contribution in [3.8, 4) is 11.5 Å². The smallest absolute Gasteiger partial charge is 0.420 e. The van der Waals surface area contributed by atoms with Crippen molar-refractivity contribution >= 4 is 46.2 Å². The van der Waals surface area contributed by atoms with E-state index >= 15 is 0 Å². The molecule has 1 aliphatic rings. The standard InChI is InChI=1S/C24H23F3N2O3S2/c1-4-17(29(3)14(2)30)11-15-5-8-18(9-6-15)32-20-10-7-16(12-19(20)24(25,26)27)13-21-22(31)28-23(33)34-21/h5-10,12-13,17H,4,11H2,1-3H3,(H,28,31,33)/b21-13+. The second-order valence-corrected chi connectivity index (χ2v) is 9.47. The minimum Gasteiger partial charge on any atom is -0.457 e. The highest BCUT2D eigenvalue weighted by molar-refractivity contribution is 8.26. The van der Waals surface area contributed by atoms with Crippen LogP contribution in [0.5, 0.6) is 11.5 Å². The molecule has 2 aromatic carbocycles. The molecular formula is C24H23F3N2O3S2. The van der Waals surface area contributed by atoms with E-state index in [1.165, 1.54) is 25.1 Å². The Kier molecular flexibility index (Phi) is 8.04. The molecule has 1 heterocycles. The quantitative estimate of drug-likeness (QED) is 0.379. The Morgan fingerprint density at radius 1 is 1.24 bits per heavy atom. The predicted molar refractivity (Wildman–Crippen MR) is 130 cm³/mol. The summed E-state index contributed by atoms with van der Waals surface area (Å²) in [4.78, 5) is 25.4. The van der Waals surface area contributed by atoms with Crippen LogP contribution in [0.3, 0.4) is 0 Å². The first kappa shape index (κ1) is 25.8. The van der Waals surface area contributed by atoms with Crippen LogP contribution in [0.1, 0.15) is 37.0 Å². The van der Waals surface area contributed by atoms with E-state index in [2.05, 4.69) is 5.32 Å². The molecule has 2 aromatic rings. The first-order chi connectivity index (χ1) is 16.0. The predicted octanol–water partition coefficient (Wildman–Crippen LogP) is 5.79. The highest BCUT2D eigenvalue weighted by Crippen LogP contribution is 2.39. The van der Waals surface area contributed by atoms with Gasteiger partial charge in [0.1, 0.15) is 15.8 Å². The normalized spacial score (nSPS) is 15.9. The molecule has 1 fully saturated rings. The van der Waals surface area contributed by atoms with E-state index in [1.807, 2.05) is 6.92 Å². The van der Waals surface area contributed by atoms with Gasteiger partial charge in [0.25, 0.3) is 5.91 Å². The van der Waals surface area contributed by atoms with E-state index in [0.29, 0.717) is 6.42 Å². The molecule has 3 rings (SSSR count). The van der Waals surface area contributed by atoms with Crippen molar-refractivity contribution in [3.05, 3.63) is 64.1 Å². The summed E-state index contributed by atoms with van der Waals surface area (Å²) in [5, 5.41) is 2.43. The molecule has 10 heteroatoms. The molecule has 5 nitrogen and oxygen atoms in total. The van der Waals surface area contributed by atoms with E-state index < -0.39 is 17.6 Å². The average molecular weight is 509 g/mol. The molecule has 0 aromatic heterocycles. The largest absolute Gasteiger partial charge is 0.457 e. The molecule has 0 aliphatic carbocycles. The van der Waals surface area contributed by atoms with Crippen LogP contribution < -0.4 is 10.1 Å². The van der Waals surface area contributed by atoms with E-state index in [9.17, 15) is 22.8 Å². The van der Waals surface area contributed by atoms with Gasteiger partial charge in [0.2, 0.25) is 5.91 Å². The maximum atomic E-state index is 13.7. The summed E-state index contributed by atoms with van der Waals surface area (Å²) in [6, 6.07) is 10.4. The highest BCUT2D eigenvalue weighted by atomic mass is 32.2. The van der Waals surface area contributed by atoms with Crippen LogP contribution in [0.2, 0.25) is 0 Å². The molecule has 0 spiro atoms. The number of alkyl halides is 3. The molecule has 1 saturated heterocycles. The fraction of sp³-hybridized carbons (Fsp3) is 0.292. The van der Waals surface area contributed by atoms with Gasteiger partial charge >= 0.3 is 6.18 Å². The molecule has 1 unspecified atom stereocenters. The Labute approximate surface area is 205 Å². The van der Waals surface area contributed by atoms with Crippen LogP contribution in [0.4, 0.5) is 13.2 Å². The molecule has 2 amide bonds.